The smallest absolute Gasteiger partial charge is 0.279 e. The molecule has 1 saturated heterocycles. The van der Waals surface area contributed by atoms with Crippen LogP contribution in [-0.2, 0) is 21.5 Å². The van der Waals surface area contributed by atoms with E-state index in [9.17, 15) is 8.42 Å². The molecular formula is C14H26N4O3S. The van der Waals surface area contributed by atoms with E-state index in [4.69, 9.17) is 4.74 Å². The number of hydrogen-bond acceptors (Lipinski definition) is 4. The van der Waals surface area contributed by atoms with E-state index in [1.54, 1.807) is 13.3 Å². The minimum atomic E-state index is -3.48. The Morgan fingerprint density at radius 2 is 2.27 bits per heavy atom. The van der Waals surface area contributed by atoms with E-state index in [-0.39, 0.29) is 18.5 Å². The second kappa shape index (κ2) is 7.54. The Morgan fingerprint density at radius 1 is 1.50 bits per heavy atom. The lowest BCUT2D eigenvalue weighted by molar-refractivity contribution is 0.118. The van der Waals surface area contributed by atoms with Gasteiger partial charge in [-0.1, -0.05) is 0 Å². The van der Waals surface area contributed by atoms with Gasteiger partial charge in [0.1, 0.15) is 5.82 Å². The molecule has 1 unspecified atom stereocenters. The van der Waals surface area contributed by atoms with Gasteiger partial charge in [-0.15, -0.1) is 0 Å². The Bertz CT molecular complexity index is 568. The lowest BCUT2D eigenvalue weighted by Gasteiger charge is -2.31. The van der Waals surface area contributed by atoms with Crippen molar-refractivity contribution in [2.24, 2.45) is 5.92 Å². The number of aromatic nitrogens is 2. The topological polar surface area (TPSA) is 76.5 Å². The van der Waals surface area contributed by atoms with Crippen LogP contribution in [0.4, 0.5) is 0 Å². The van der Waals surface area contributed by atoms with Gasteiger partial charge in [0.2, 0.25) is 0 Å². The molecule has 1 aliphatic heterocycles. The van der Waals surface area contributed by atoms with Gasteiger partial charge in [-0.05, 0) is 32.6 Å². The maximum absolute atomic E-state index is 12.4. The number of methoxy groups -OCH3 is 1. The van der Waals surface area contributed by atoms with Crippen LogP contribution in [0.15, 0.2) is 12.4 Å². The summed E-state index contributed by atoms with van der Waals surface area (Å²) in [7, 11) is -1.83. The van der Waals surface area contributed by atoms with Crippen LogP contribution >= 0.6 is 0 Å². The Kier molecular flexibility index (Phi) is 5.96. The molecule has 22 heavy (non-hydrogen) atoms. The number of piperidine rings is 1. The molecule has 0 radical (unpaired) electrons. The summed E-state index contributed by atoms with van der Waals surface area (Å²) in [5, 5.41) is 0. The van der Waals surface area contributed by atoms with Crippen LogP contribution in [0.5, 0.6) is 0 Å². The Balaban J connectivity index is 1.97. The first-order valence-electron chi connectivity index (χ1n) is 7.69. The molecule has 8 heteroatoms. The van der Waals surface area contributed by atoms with Crippen molar-refractivity contribution in [3.05, 3.63) is 18.2 Å². The summed E-state index contributed by atoms with van der Waals surface area (Å²) in [6.07, 6.45) is 5.44. The zero-order valence-corrected chi connectivity index (χ0v) is 14.3. The molecule has 0 bridgehead atoms. The number of rotatable bonds is 7. The van der Waals surface area contributed by atoms with Crippen molar-refractivity contribution < 1.29 is 13.2 Å². The molecule has 126 valence electrons. The highest BCUT2D eigenvalue weighted by molar-refractivity contribution is 7.87. The summed E-state index contributed by atoms with van der Waals surface area (Å²) < 4.78 is 36.2. The average molecular weight is 330 g/mol. The molecule has 0 saturated carbocycles. The van der Waals surface area contributed by atoms with Crippen molar-refractivity contribution in [3.63, 3.8) is 0 Å². The molecule has 7 nitrogen and oxygen atoms in total. The number of ether oxygens (including phenoxy) is 1. The fourth-order valence-corrected chi connectivity index (χ4v) is 4.09. The van der Waals surface area contributed by atoms with Gasteiger partial charge in [-0.3, -0.25) is 0 Å². The monoisotopic (exact) mass is 330 g/mol. The summed E-state index contributed by atoms with van der Waals surface area (Å²) in [5.41, 5.74) is 0. The maximum Gasteiger partial charge on any atom is 0.279 e. The van der Waals surface area contributed by atoms with Crippen molar-refractivity contribution in [2.75, 3.05) is 26.8 Å². The van der Waals surface area contributed by atoms with Gasteiger partial charge in [-0.2, -0.15) is 17.4 Å². The van der Waals surface area contributed by atoms with Crippen LogP contribution in [0.2, 0.25) is 0 Å². The first-order chi connectivity index (χ1) is 10.4. The Morgan fingerprint density at radius 3 is 2.95 bits per heavy atom. The molecule has 1 N–H and O–H groups in total. The molecule has 1 fully saturated rings. The number of imidazole rings is 1. The number of nitrogens with zero attached hydrogens (tertiary/aromatic N) is 3. The van der Waals surface area contributed by atoms with Gasteiger partial charge in [0, 0.05) is 38.6 Å². The van der Waals surface area contributed by atoms with Crippen molar-refractivity contribution in [1.82, 2.24) is 18.6 Å². The molecule has 1 aromatic heterocycles. The van der Waals surface area contributed by atoms with Gasteiger partial charge in [0.25, 0.3) is 10.2 Å². The first-order valence-corrected chi connectivity index (χ1v) is 9.13. The van der Waals surface area contributed by atoms with Gasteiger partial charge in [0.05, 0.1) is 13.2 Å². The third-order valence-corrected chi connectivity index (χ3v) is 5.46. The molecule has 1 atom stereocenters. The average Bonchev–Trinajstić information content (AvgIpc) is 2.95. The SMILES string of the molecule is COCC1CCCN(S(=O)(=O)NCc2nccn2C(C)C)C1. The van der Waals surface area contributed by atoms with Crippen molar-refractivity contribution in [1.29, 1.82) is 0 Å². The molecular weight excluding hydrogens is 304 g/mol. The highest BCUT2D eigenvalue weighted by Gasteiger charge is 2.28. The normalized spacial score (nSPS) is 20.6. The van der Waals surface area contributed by atoms with E-state index >= 15 is 0 Å². The zero-order valence-electron chi connectivity index (χ0n) is 13.5. The predicted molar refractivity (Wildman–Crippen MR) is 84.5 cm³/mol. The summed E-state index contributed by atoms with van der Waals surface area (Å²) in [5.74, 6) is 0.997. The van der Waals surface area contributed by atoms with Crippen LogP contribution in [0.1, 0.15) is 38.6 Å². The molecule has 0 aromatic carbocycles. The van der Waals surface area contributed by atoms with E-state index in [0.29, 0.717) is 19.7 Å². The van der Waals surface area contributed by atoms with Crippen molar-refractivity contribution in [2.45, 2.75) is 39.3 Å². The van der Waals surface area contributed by atoms with Crippen LogP contribution < -0.4 is 4.72 Å². The van der Waals surface area contributed by atoms with Crippen LogP contribution in [-0.4, -0.2) is 49.1 Å². The van der Waals surface area contributed by atoms with E-state index in [2.05, 4.69) is 9.71 Å². The summed E-state index contributed by atoms with van der Waals surface area (Å²) in [4.78, 5) is 4.23. The van der Waals surface area contributed by atoms with Gasteiger partial charge >= 0.3 is 0 Å². The molecule has 0 aliphatic carbocycles. The number of hydrogen-bond donors (Lipinski definition) is 1. The lowest BCUT2D eigenvalue weighted by Crippen LogP contribution is -2.46. The fourth-order valence-electron chi connectivity index (χ4n) is 2.81. The summed E-state index contributed by atoms with van der Waals surface area (Å²) >= 11 is 0. The highest BCUT2D eigenvalue weighted by atomic mass is 32.2. The largest absolute Gasteiger partial charge is 0.384 e. The van der Waals surface area contributed by atoms with Crippen LogP contribution in [0, 0.1) is 5.92 Å². The van der Waals surface area contributed by atoms with Crippen molar-refractivity contribution >= 4 is 10.2 Å². The second-order valence-electron chi connectivity index (χ2n) is 5.99. The fraction of sp³-hybridized carbons (Fsp3) is 0.786. The Labute approximate surface area is 132 Å². The zero-order chi connectivity index (χ0) is 16.2. The van der Waals surface area contributed by atoms with Gasteiger partial charge in [0.15, 0.2) is 0 Å². The second-order valence-corrected chi connectivity index (χ2v) is 7.75. The molecule has 0 amide bonds. The van der Waals surface area contributed by atoms with E-state index in [1.165, 1.54) is 4.31 Å². The molecule has 2 heterocycles. The van der Waals surface area contributed by atoms with Crippen LogP contribution in [0.3, 0.4) is 0 Å². The molecule has 0 spiro atoms. The van der Waals surface area contributed by atoms with Crippen molar-refractivity contribution in [3.8, 4) is 0 Å². The third-order valence-electron chi connectivity index (χ3n) is 3.94. The molecule has 1 aromatic rings. The van der Waals surface area contributed by atoms with Gasteiger partial charge in [-0.25, -0.2) is 4.98 Å². The minimum Gasteiger partial charge on any atom is -0.384 e. The molecule has 2 rings (SSSR count). The minimum absolute atomic E-state index is 0.207. The first kappa shape index (κ1) is 17.4. The quantitative estimate of drug-likeness (QED) is 0.814. The highest BCUT2D eigenvalue weighted by Crippen LogP contribution is 2.19. The van der Waals surface area contributed by atoms with Gasteiger partial charge < -0.3 is 9.30 Å². The lowest BCUT2D eigenvalue weighted by atomic mass is 10.0. The van der Waals surface area contributed by atoms with E-state index in [1.807, 2.05) is 24.6 Å². The van der Waals surface area contributed by atoms with E-state index in [0.717, 1.165) is 18.7 Å². The Hall–Kier alpha value is -0.960. The number of nitrogens with one attached hydrogen (secondary N) is 1. The van der Waals surface area contributed by atoms with E-state index < -0.39 is 10.2 Å². The molecule has 1 aliphatic rings. The summed E-state index contributed by atoms with van der Waals surface area (Å²) in [6, 6.07) is 0.253. The third kappa shape index (κ3) is 4.28. The van der Waals surface area contributed by atoms with Crippen LogP contribution in [0.25, 0.3) is 0 Å². The summed E-state index contributed by atoms with van der Waals surface area (Å²) in [6.45, 7) is 5.97. The standard InChI is InChI=1S/C14H26N4O3S/c1-12(2)18-8-6-15-14(18)9-16-22(19,20)17-7-4-5-13(10-17)11-21-3/h6,8,12-13,16H,4-5,7,9-11H2,1-3H3. The maximum atomic E-state index is 12.4. The predicted octanol–water partition coefficient (Wildman–Crippen LogP) is 1.16.